The number of piperidine rings is 1. The van der Waals surface area contributed by atoms with Gasteiger partial charge in [-0.05, 0) is 48.9 Å². The number of pyridine rings is 1. The summed E-state index contributed by atoms with van der Waals surface area (Å²) in [5.74, 6) is -2.85. The fourth-order valence-electron chi connectivity index (χ4n) is 3.75. The maximum atomic E-state index is 12.7. The minimum atomic E-state index is -1.29. The van der Waals surface area contributed by atoms with Gasteiger partial charge in [0.25, 0.3) is 5.91 Å². The Balaban J connectivity index is 1.50. The van der Waals surface area contributed by atoms with Gasteiger partial charge >= 0.3 is 5.97 Å². The van der Waals surface area contributed by atoms with Crippen molar-refractivity contribution in [1.29, 1.82) is 0 Å². The molecular weight excluding hydrogens is 539 g/mol. The molecule has 9 nitrogen and oxygen atoms in total. The van der Waals surface area contributed by atoms with E-state index in [1.807, 2.05) is 12.3 Å². The van der Waals surface area contributed by atoms with E-state index in [-0.39, 0.29) is 18.0 Å². The number of hydrogen-bond acceptors (Lipinski definition) is 6. The minimum absolute atomic E-state index is 0.221. The van der Waals surface area contributed by atoms with Crippen molar-refractivity contribution in [3.05, 3.63) is 63.9 Å². The number of amides is 3. The molecule has 1 aliphatic heterocycles. The number of aromatic nitrogens is 1. The highest BCUT2D eigenvalue weighted by molar-refractivity contribution is 7.98. The van der Waals surface area contributed by atoms with Gasteiger partial charge in [-0.2, -0.15) is 0 Å². The quantitative estimate of drug-likeness (QED) is 0.314. The average Bonchev–Trinajstić information content (AvgIpc) is 2.91. The highest BCUT2D eigenvalue weighted by atomic mass is 35.5. The summed E-state index contributed by atoms with van der Waals surface area (Å²) in [6, 6.07) is 5.47. The van der Waals surface area contributed by atoms with E-state index in [1.165, 1.54) is 30.2 Å². The molecule has 3 amide bonds. The molecule has 1 saturated heterocycles. The lowest BCUT2D eigenvalue weighted by atomic mass is 9.95. The lowest BCUT2D eigenvalue weighted by Gasteiger charge is -2.31. The first-order valence-electron chi connectivity index (χ1n) is 11.4. The number of benzene rings is 1. The van der Waals surface area contributed by atoms with Crippen LogP contribution in [0.2, 0.25) is 10.0 Å². The Morgan fingerprint density at radius 3 is 2.54 bits per heavy atom. The Hall–Kier alpha value is -3.08. The van der Waals surface area contributed by atoms with E-state index in [9.17, 15) is 24.3 Å². The van der Waals surface area contributed by atoms with Crippen molar-refractivity contribution < 1.29 is 24.3 Å². The molecule has 0 spiro atoms. The largest absolute Gasteiger partial charge is 0.480 e. The second-order valence-corrected chi connectivity index (χ2v) is 9.87. The first-order valence-corrected chi connectivity index (χ1v) is 13.4. The van der Waals surface area contributed by atoms with Crippen LogP contribution in [0.15, 0.2) is 47.6 Å². The zero-order valence-corrected chi connectivity index (χ0v) is 22.3. The van der Waals surface area contributed by atoms with E-state index >= 15 is 0 Å². The van der Waals surface area contributed by atoms with E-state index in [0.29, 0.717) is 41.5 Å². The molecule has 3 rings (SSSR count). The summed E-state index contributed by atoms with van der Waals surface area (Å²) >= 11 is 14.0. The molecule has 2 heterocycles. The number of halogens is 2. The van der Waals surface area contributed by atoms with Crippen LogP contribution in [0.25, 0.3) is 6.08 Å². The van der Waals surface area contributed by atoms with Crippen molar-refractivity contribution in [3.63, 3.8) is 0 Å². The van der Waals surface area contributed by atoms with Crippen LogP contribution in [0.4, 0.5) is 0 Å². The number of carbonyl (C=O) groups is 4. The predicted molar refractivity (Wildman–Crippen MR) is 143 cm³/mol. The highest BCUT2D eigenvalue weighted by Gasteiger charge is 2.30. The van der Waals surface area contributed by atoms with Crippen molar-refractivity contribution in [2.24, 2.45) is 5.92 Å². The molecule has 12 heteroatoms. The molecule has 1 atom stereocenters. The molecule has 1 fully saturated rings. The lowest BCUT2D eigenvalue weighted by molar-refractivity contribution is -0.142. The number of carboxylic acids is 1. The predicted octanol–water partition coefficient (Wildman–Crippen LogP) is 3.36. The molecule has 0 aliphatic carbocycles. The Bertz CT molecular complexity index is 1190. The van der Waals surface area contributed by atoms with Crippen molar-refractivity contribution in [2.45, 2.75) is 23.8 Å². The molecule has 0 radical (unpaired) electrons. The van der Waals surface area contributed by atoms with Crippen molar-refractivity contribution >= 4 is 64.7 Å². The van der Waals surface area contributed by atoms with Crippen LogP contribution in [0.1, 0.15) is 28.8 Å². The number of thioether (sulfide) groups is 1. The number of likely N-dealkylation sites (tertiary alicyclic amines) is 1. The van der Waals surface area contributed by atoms with Gasteiger partial charge in [0.05, 0.1) is 15.6 Å². The third-order valence-corrected chi connectivity index (χ3v) is 7.67. The average molecular weight is 565 g/mol. The fourth-order valence-corrected chi connectivity index (χ4v) is 4.92. The molecule has 196 valence electrons. The van der Waals surface area contributed by atoms with E-state index in [1.54, 1.807) is 29.2 Å². The number of carbonyl (C=O) groups excluding carboxylic acids is 3. The third-order valence-electron chi connectivity index (χ3n) is 5.88. The van der Waals surface area contributed by atoms with Crippen molar-refractivity contribution in [1.82, 2.24) is 20.5 Å². The molecule has 1 aromatic carbocycles. The molecular formula is C25H26Cl2N4O5S. The van der Waals surface area contributed by atoms with Crippen molar-refractivity contribution in [2.75, 3.05) is 25.9 Å². The van der Waals surface area contributed by atoms with Crippen LogP contribution in [0.5, 0.6) is 0 Å². The highest BCUT2D eigenvalue weighted by Crippen LogP contribution is 2.35. The van der Waals surface area contributed by atoms with Gasteiger partial charge in [-0.25, -0.2) is 4.79 Å². The molecule has 3 N–H and O–H groups in total. The number of aliphatic carboxylic acids is 1. The third kappa shape index (κ3) is 7.70. The number of rotatable bonds is 9. The molecule has 37 heavy (non-hydrogen) atoms. The number of nitrogens with zero attached hydrogens (tertiary/aromatic N) is 2. The van der Waals surface area contributed by atoms with E-state index < -0.39 is 29.7 Å². The number of carboxylic acid groups (broad SMARTS) is 1. The standard InChI is InChI=1S/C25H26Cl2N4O5S/c1-37-19-6-4-15(21(26)22(19)27)5-7-20(32)31-11-8-16(9-12-31)24(34)30-18(25(35)36)14-29-23(33)17-3-2-10-28-13-17/h2-7,10,13,16,18H,8-9,11-12,14H2,1H3,(H,29,33)(H,30,34)(H,35,36)/t18-/m0/s1. The Kier molecular flexibility index (Phi) is 10.4. The van der Waals surface area contributed by atoms with Crippen LogP contribution < -0.4 is 10.6 Å². The topological polar surface area (TPSA) is 129 Å². The van der Waals surface area contributed by atoms with E-state index in [4.69, 9.17) is 23.2 Å². The summed E-state index contributed by atoms with van der Waals surface area (Å²) in [6.45, 7) is 0.411. The Labute approximate surface area is 228 Å². The van der Waals surface area contributed by atoms with Crippen LogP contribution in [-0.2, 0) is 14.4 Å². The van der Waals surface area contributed by atoms with Gasteiger partial charge in [0.1, 0.15) is 6.04 Å². The zero-order chi connectivity index (χ0) is 26.9. The molecule has 0 bridgehead atoms. The number of hydrogen-bond donors (Lipinski definition) is 3. The second kappa shape index (κ2) is 13.5. The van der Waals surface area contributed by atoms with Gasteiger partial charge in [0.15, 0.2) is 0 Å². The SMILES string of the molecule is CSc1ccc(C=CC(=O)N2CCC(C(=O)N[C@@H](CNC(=O)c3cccnc3)C(=O)O)CC2)c(Cl)c1Cl. The van der Waals surface area contributed by atoms with Crippen molar-refractivity contribution in [3.8, 4) is 0 Å². The molecule has 0 unspecified atom stereocenters. The Morgan fingerprint density at radius 2 is 1.92 bits per heavy atom. The fraction of sp³-hybridized carbons (Fsp3) is 0.320. The summed E-state index contributed by atoms with van der Waals surface area (Å²) in [5.41, 5.74) is 0.911. The van der Waals surface area contributed by atoms with Gasteiger partial charge in [0.2, 0.25) is 11.8 Å². The normalized spacial score (nSPS) is 14.8. The zero-order valence-electron chi connectivity index (χ0n) is 19.9. The summed E-state index contributed by atoms with van der Waals surface area (Å²) in [7, 11) is 0. The van der Waals surface area contributed by atoms with Crippen LogP contribution in [0, 0.1) is 5.92 Å². The molecule has 0 saturated carbocycles. The summed E-state index contributed by atoms with van der Waals surface area (Å²) in [6.07, 6.45) is 8.56. The van der Waals surface area contributed by atoms with Gasteiger partial charge < -0.3 is 20.6 Å². The van der Waals surface area contributed by atoms with Crippen LogP contribution in [0.3, 0.4) is 0 Å². The van der Waals surface area contributed by atoms with Gasteiger partial charge in [0, 0.05) is 48.9 Å². The second-order valence-electron chi connectivity index (χ2n) is 8.27. The minimum Gasteiger partial charge on any atom is -0.480 e. The molecule has 1 aromatic heterocycles. The summed E-state index contributed by atoms with van der Waals surface area (Å²) in [5, 5.41) is 15.3. The lowest BCUT2D eigenvalue weighted by Crippen LogP contribution is -2.51. The summed E-state index contributed by atoms with van der Waals surface area (Å²) < 4.78 is 0. The first kappa shape index (κ1) is 28.5. The number of nitrogens with one attached hydrogen (secondary N) is 2. The maximum Gasteiger partial charge on any atom is 0.328 e. The van der Waals surface area contributed by atoms with Crippen LogP contribution in [-0.4, -0.2) is 70.6 Å². The van der Waals surface area contributed by atoms with Gasteiger partial charge in [-0.3, -0.25) is 19.4 Å². The monoisotopic (exact) mass is 564 g/mol. The van der Waals surface area contributed by atoms with E-state index in [0.717, 1.165) is 4.90 Å². The Morgan fingerprint density at radius 1 is 1.19 bits per heavy atom. The molecule has 1 aliphatic rings. The van der Waals surface area contributed by atoms with Gasteiger partial charge in [-0.15, -0.1) is 11.8 Å². The maximum absolute atomic E-state index is 12.7. The van der Waals surface area contributed by atoms with Gasteiger partial charge in [-0.1, -0.05) is 29.3 Å². The van der Waals surface area contributed by atoms with E-state index in [2.05, 4.69) is 15.6 Å². The smallest absolute Gasteiger partial charge is 0.328 e. The van der Waals surface area contributed by atoms with Crippen LogP contribution >= 0.6 is 35.0 Å². The first-order chi connectivity index (χ1) is 17.7. The molecule has 2 aromatic rings. The summed E-state index contributed by atoms with van der Waals surface area (Å²) in [4.78, 5) is 55.4.